The number of carbonyl (C=O) groups is 1. The number of allylic oxidation sites excluding steroid dienone is 3. The Morgan fingerprint density at radius 2 is 1.37 bits per heavy atom. The normalized spacial score (nSPS) is 15.4. The average molecular weight is 603 g/mol. The van der Waals surface area contributed by atoms with E-state index in [2.05, 4.69) is 31.3 Å². The predicted octanol–water partition coefficient (Wildman–Crippen LogP) is 6.82. The molecule has 0 radical (unpaired) electrons. The number of phosphoric ester groups is 1. The van der Waals surface area contributed by atoms with Crippen LogP contribution in [0.1, 0.15) is 123 Å². The lowest BCUT2D eigenvalue weighted by Gasteiger charge is -2.29. The largest absolute Gasteiger partial charge is 0.756 e. The van der Waals surface area contributed by atoms with Gasteiger partial charge in [0, 0.05) is 6.42 Å². The van der Waals surface area contributed by atoms with Crippen molar-refractivity contribution in [2.45, 2.75) is 135 Å². The topological polar surface area (TPSA) is 108 Å². The van der Waals surface area contributed by atoms with Crippen molar-refractivity contribution in [1.82, 2.24) is 5.32 Å². The van der Waals surface area contributed by atoms with Crippen LogP contribution in [-0.4, -0.2) is 68.5 Å². The van der Waals surface area contributed by atoms with Gasteiger partial charge in [0.15, 0.2) is 0 Å². The second-order valence-electron chi connectivity index (χ2n) is 12.2. The van der Waals surface area contributed by atoms with E-state index < -0.39 is 26.6 Å². The Balaban J connectivity index is 4.65. The van der Waals surface area contributed by atoms with Crippen molar-refractivity contribution in [2.24, 2.45) is 0 Å². The monoisotopic (exact) mass is 602 g/mol. The number of amides is 1. The fourth-order valence-electron chi connectivity index (χ4n) is 4.21. The third-order valence-electron chi connectivity index (χ3n) is 6.91. The molecule has 0 fully saturated rings. The van der Waals surface area contributed by atoms with E-state index in [4.69, 9.17) is 9.05 Å². The lowest BCUT2D eigenvalue weighted by molar-refractivity contribution is -0.870. The zero-order valence-electron chi connectivity index (χ0n) is 27.0. The van der Waals surface area contributed by atoms with Crippen LogP contribution in [0.2, 0.25) is 0 Å². The number of phosphoric acid groups is 1. The Labute approximate surface area is 252 Å². The van der Waals surface area contributed by atoms with Crippen LogP contribution in [-0.2, 0) is 18.4 Å². The van der Waals surface area contributed by atoms with Gasteiger partial charge in [-0.05, 0) is 25.7 Å². The highest BCUT2D eigenvalue weighted by Gasteiger charge is 2.23. The van der Waals surface area contributed by atoms with Crippen LogP contribution >= 0.6 is 7.82 Å². The van der Waals surface area contributed by atoms with Gasteiger partial charge in [-0.3, -0.25) is 9.36 Å². The SMILES string of the molecule is CCCC/C=C/CC/C=C/C(O)C(COP(=O)([O-])OCC[N+](C)(C)C)NC(=O)CCCCCCCCCCCCC. The van der Waals surface area contributed by atoms with Crippen molar-refractivity contribution in [1.29, 1.82) is 0 Å². The number of hydrogen-bond donors (Lipinski definition) is 2. The molecular formula is C32H63N2O6P. The van der Waals surface area contributed by atoms with Crippen molar-refractivity contribution < 1.29 is 32.9 Å². The summed E-state index contributed by atoms with van der Waals surface area (Å²) in [5.41, 5.74) is 0. The molecule has 41 heavy (non-hydrogen) atoms. The van der Waals surface area contributed by atoms with Gasteiger partial charge in [0.1, 0.15) is 13.2 Å². The summed E-state index contributed by atoms with van der Waals surface area (Å²) in [6.45, 7) is 4.50. The van der Waals surface area contributed by atoms with Gasteiger partial charge in [-0.1, -0.05) is 115 Å². The number of aliphatic hydroxyl groups excluding tert-OH is 1. The lowest BCUT2D eigenvalue weighted by Crippen LogP contribution is -2.45. The smallest absolute Gasteiger partial charge is 0.268 e. The Kier molecular flexibility index (Phi) is 24.8. The maximum Gasteiger partial charge on any atom is 0.268 e. The van der Waals surface area contributed by atoms with Crippen LogP contribution < -0.4 is 10.2 Å². The Morgan fingerprint density at radius 1 is 0.829 bits per heavy atom. The third kappa shape index (κ3) is 27.6. The van der Waals surface area contributed by atoms with Crippen LogP contribution in [0.3, 0.4) is 0 Å². The van der Waals surface area contributed by atoms with E-state index in [-0.39, 0.29) is 12.5 Å². The summed E-state index contributed by atoms with van der Waals surface area (Å²) < 4.78 is 22.9. The molecular weight excluding hydrogens is 539 g/mol. The number of rotatable bonds is 28. The van der Waals surface area contributed by atoms with E-state index in [1.54, 1.807) is 6.08 Å². The molecule has 0 rings (SSSR count). The number of nitrogens with zero attached hydrogens (tertiary/aromatic N) is 1. The molecule has 0 aliphatic carbocycles. The van der Waals surface area contributed by atoms with Crippen molar-refractivity contribution in [3.05, 3.63) is 24.3 Å². The first-order chi connectivity index (χ1) is 19.5. The van der Waals surface area contributed by atoms with Crippen LogP contribution in [0.15, 0.2) is 24.3 Å². The molecule has 0 aromatic carbocycles. The molecule has 0 saturated carbocycles. The molecule has 0 aliphatic rings. The number of likely N-dealkylation sites (N-methyl/N-ethyl adjacent to an activating group) is 1. The molecule has 2 N–H and O–H groups in total. The number of nitrogens with one attached hydrogen (secondary N) is 1. The molecule has 3 unspecified atom stereocenters. The van der Waals surface area contributed by atoms with Crippen molar-refractivity contribution in [3.8, 4) is 0 Å². The maximum absolute atomic E-state index is 12.6. The van der Waals surface area contributed by atoms with E-state index in [0.717, 1.165) is 38.5 Å². The standard InChI is InChI=1S/C32H63N2O6P/c1-6-8-10-12-14-16-17-18-20-22-24-26-32(36)33-30(29-40-41(37,38)39-28-27-34(3,4)5)31(35)25-23-21-19-15-13-11-9-7-2/h13,15,23,25,30-31,35H,6-12,14,16-22,24,26-29H2,1-5H3,(H-,33,36,37,38)/b15-13+,25-23+. The van der Waals surface area contributed by atoms with E-state index in [9.17, 15) is 19.4 Å². The summed E-state index contributed by atoms with van der Waals surface area (Å²) in [7, 11) is 1.24. The van der Waals surface area contributed by atoms with Gasteiger partial charge < -0.3 is 28.8 Å². The van der Waals surface area contributed by atoms with Gasteiger partial charge in [0.2, 0.25) is 5.91 Å². The van der Waals surface area contributed by atoms with Crippen LogP contribution in [0.25, 0.3) is 0 Å². The highest BCUT2D eigenvalue weighted by atomic mass is 31.2. The number of unbranched alkanes of at least 4 members (excludes halogenated alkanes) is 13. The molecule has 0 aromatic heterocycles. The molecule has 0 spiro atoms. The van der Waals surface area contributed by atoms with Gasteiger partial charge in [-0.15, -0.1) is 0 Å². The second-order valence-corrected chi connectivity index (χ2v) is 13.6. The second kappa shape index (κ2) is 25.5. The number of carbonyl (C=O) groups excluding carboxylic acids is 1. The van der Waals surface area contributed by atoms with Crippen LogP contribution in [0.4, 0.5) is 0 Å². The molecule has 242 valence electrons. The number of quaternary nitrogens is 1. The van der Waals surface area contributed by atoms with Crippen molar-refractivity contribution >= 4 is 13.7 Å². The van der Waals surface area contributed by atoms with Crippen LogP contribution in [0, 0.1) is 0 Å². The summed E-state index contributed by atoms with van der Waals surface area (Å²) in [4.78, 5) is 24.9. The van der Waals surface area contributed by atoms with E-state index in [1.807, 2.05) is 27.2 Å². The summed E-state index contributed by atoms with van der Waals surface area (Å²) in [5.74, 6) is -0.215. The zero-order chi connectivity index (χ0) is 30.8. The minimum atomic E-state index is -4.57. The maximum atomic E-state index is 12.6. The first-order valence-electron chi connectivity index (χ1n) is 16.2. The Morgan fingerprint density at radius 3 is 1.95 bits per heavy atom. The van der Waals surface area contributed by atoms with Gasteiger partial charge >= 0.3 is 0 Å². The fourth-order valence-corrected chi connectivity index (χ4v) is 4.93. The molecule has 1 amide bonds. The van der Waals surface area contributed by atoms with E-state index in [0.29, 0.717) is 17.4 Å². The van der Waals surface area contributed by atoms with Crippen LogP contribution in [0.5, 0.6) is 0 Å². The molecule has 0 heterocycles. The first-order valence-corrected chi connectivity index (χ1v) is 17.7. The number of hydrogen-bond acceptors (Lipinski definition) is 6. The van der Waals surface area contributed by atoms with Crippen molar-refractivity contribution in [3.63, 3.8) is 0 Å². The molecule has 3 atom stereocenters. The Bertz CT molecular complexity index is 738. The molecule has 0 aliphatic heterocycles. The lowest BCUT2D eigenvalue weighted by atomic mass is 10.0. The minimum Gasteiger partial charge on any atom is -0.756 e. The average Bonchev–Trinajstić information content (AvgIpc) is 2.90. The highest BCUT2D eigenvalue weighted by Crippen LogP contribution is 2.38. The minimum absolute atomic E-state index is 0.00556. The molecule has 8 nitrogen and oxygen atoms in total. The molecule has 0 bridgehead atoms. The first kappa shape index (κ1) is 40.0. The summed E-state index contributed by atoms with van der Waals surface area (Å²) in [6, 6.07) is -0.893. The highest BCUT2D eigenvalue weighted by molar-refractivity contribution is 7.45. The van der Waals surface area contributed by atoms with Gasteiger partial charge in [-0.25, -0.2) is 0 Å². The summed E-state index contributed by atoms with van der Waals surface area (Å²) in [5, 5.41) is 13.5. The van der Waals surface area contributed by atoms with E-state index in [1.165, 1.54) is 64.2 Å². The summed E-state index contributed by atoms with van der Waals surface area (Å²) in [6.07, 6.45) is 25.2. The van der Waals surface area contributed by atoms with Gasteiger partial charge in [0.05, 0.1) is 39.9 Å². The predicted molar refractivity (Wildman–Crippen MR) is 168 cm³/mol. The molecule has 9 heteroatoms. The Hall–Kier alpha value is -1.02. The fraction of sp³-hybridized carbons (Fsp3) is 0.844. The molecule has 0 aromatic rings. The summed E-state index contributed by atoms with van der Waals surface area (Å²) >= 11 is 0. The van der Waals surface area contributed by atoms with Gasteiger partial charge in [-0.2, -0.15) is 0 Å². The zero-order valence-corrected chi connectivity index (χ0v) is 27.9. The number of aliphatic hydroxyl groups is 1. The van der Waals surface area contributed by atoms with Crippen molar-refractivity contribution in [2.75, 3.05) is 40.9 Å². The quantitative estimate of drug-likeness (QED) is 0.0440. The third-order valence-corrected chi connectivity index (χ3v) is 7.88. The van der Waals surface area contributed by atoms with E-state index >= 15 is 0 Å². The van der Waals surface area contributed by atoms with Gasteiger partial charge in [0.25, 0.3) is 7.82 Å². The molecule has 0 saturated heterocycles.